The minimum Gasteiger partial charge on any atom is -0.500 e. The van der Waals surface area contributed by atoms with Crippen molar-refractivity contribution in [3.63, 3.8) is 0 Å². The van der Waals surface area contributed by atoms with Crippen LogP contribution in [-0.2, 0) is 25.5 Å². The number of benzene rings is 4. The number of aromatic nitrogens is 2. The smallest absolute Gasteiger partial charge is 0.128 e. The molecule has 4 aromatic carbocycles. The Hall–Kier alpha value is -4.37. The summed E-state index contributed by atoms with van der Waals surface area (Å²) in [5.41, 5.74) is 9.19. The topological polar surface area (TPSA) is 38.9 Å². The van der Waals surface area contributed by atoms with E-state index in [4.69, 9.17) is 4.42 Å². The normalized spacial score (nSPS) is 11.0. The average molecular weight is 723 g/mol. The Bertz CT molecular complexity index is 1800. The standard InChI is InChI=1S/C23H14NO.C15H16N.Ir/c1-2-8-16(9-3-1)17-10-6-11-18-19-12-7-13-20(23(19)25-22(17)18)21-14-4-5-15-24-21;1-15(2,3)13-9-10-14(16-11-13)12-7-5-4-6-8-12;/h1-12,14-15H;4-7,9-11H,1-3H3;/q2*-1;. The summed E-state index contributed by atoms with van der Waals surface area (Å²) < 4.78 is 6.35. The van der Waals surface area contributed by atoms with Gasteiger partial charge >= 0.3 is 0 Å². The van der Waals surface area contributed by atoms with Gasteiger partial charge in [0.1, 0.15) is 5.58 Å². The second kappa shape index (κ2) is 12.6. The molecule has 4 heteroatoms. The van der Waals surface area contributed by atoms with Crippen molar-refractivity contribution in [3.05, 3.63) is 145 Å². The molecule has 0 bridgehead atoms. The second-order valence-corrected chi connectivity index (χ2v) is 10.9. The van der Waals surface area contributed by atoms with Gasteiger partial charge in [-0.2, -0.15) is 0 Å². The van der Waals surface area contributed by atoms with Gasteiger partial charge in [-0.05, 0) is 34.0 Å². The van der Waals surface area contributed by atoms with Crippen LogP contribution in [0.15, 0.2) is 132 Å². The van der Waals surface area contributed by atoms with E-state index in [0.29, 0.717) is 0 Å². The molecule has 0 amide bonds. The summed E-state index contributed by atoms with van der Waals surface area (Å²) in [5, 5.41) is 2.20. The molecule has 0 atom stereocenters. The van der Waals surface area contributed by atoms with Gasteiger partial charge < -0.3 is 14.4 Å². The quantitative estimate of drug-likeness (QED) is 0.171. The van der Waals surface area contributed by atoms with Gasteiger partial charge in [0, 0.05) is 43.4 Å². The van der Waals surface area contributed by atoms with Crippen molar-refractivity contribution in [1.29, 1.82) is 0 Å². The number of furan rings is 1. The Morgan fingerprint density at radius 3 is 2.10 bits per heavy atom. The molecule has 0 unspecified atom stereocenters. The van der Waals surface area contributed by atoms with Crippen LogP contribution in [-0.4, -0.2) is 9.97 Å². The van der Waals surface area contributed by atoms with Gasteiger partial charge in [0.15, 0.2) is 0 Å². The summed E-state index contributed by atoms with van der Waals surface area (Å²) in [5.74, 6) is 0. The molecule has 42 heavy (non-hydrogen) atoms. The Labute approximate surface area is 260 Å². The first-order chi connectivity index (χ1) is 20.0. The van der Waals surface area contributed by atoms with Gasteiger partial charge in [-0.15, -0.1) is 54.1 Å². The molecule has 0 aliphatic carbocycles. The zero-order valence-electron chi connectivity index (χ0n) is 23.8. The summed E-state index contributed by atoms with van der Waals surface area (Å²) in [6, 6.07) is 45.1. The van der Waals surface area contributed by atoms with Crippen LogP contribution < -0.4 is 0 Å². The van der Waals surface area contributed by atoms with Crippen LogP contribution in [0.2, 0.25) is 0 Å². The Balaban J connectivity index is 0.000000181. The third-order valence-corrected chi connectivity index (χ3v) is 7.08. The van der Waals surface area contributed by atoms with E-state index in [-0.39, 0.29) is 25.5 Å². The van der Waals surface area contributed by atoms with Crippen molar-refractivity contribution in [2.75, 3.05) is 0 Å². The first-order valence-electron chi connectivity index (χ1n) is 13.8. The van der Waals surface area contributed by atoms with Crippen molar-refractivity contribution in [3.8, 4) is 33.6 Å². The molecule has 3 nitrogen and oxygen atoms in total. The number of nitrogens with zero attached hydrogens (tertiary/aromatic N) is 2. The Morgan fingerprint density at radius 1 is 0.619 bits per heavy atom. The minimum atomic E-state index is 0. The molecule has 3 heterocycles. The maximum atomic E-state index is 6.35. The first kappa shape index (κ1) is 29.1. The molecular weight excluding hydrogens is 693 g/mol. The third kappa shape index (κ3) is 6.11. The number of hydrogen-bond acceptors (Lipinski definition) is 3. The Kier molecular flexibility index (Phi) is 8.77. The van der Waals surface area contributed by atoms with Gasteiger partial charge in [-0.1, -0.05) is 105 Å². The van der Waals surface area contributed by atoms with E-state index in [1.807, 2.05) is 72.9 Å². The SMILES string of the molecule is CC(C)(C)c1ccc(-c2[c-]cccc2)nc1.[Ir].[c-]1ccc2c(oc3c(-c4ccccc4)cccc32)c1-c1ccccn1. The van der Waals surface area contributed by atoms with E-state index in [2.05, 4.69) is 91.4 Å². The van der Waals surface area contributed by atoms with Crippen molar-refractivity contribution in [2.24, 2.45) is 0 Å². The van der Waals surface area contributed by atoms with Crippen molar-refractivity contribution in [2.45, 2.75) is 26.2 Å². The van der Waals surface area contributed by atoms with Gasteiger partial charge in [0.25, 0.3) is 0 Å². The van der Waals surface area contributed by atoms with Gasteiger partial charge in [-0.25, -0.2) is 0 Å². The van der Waals surface area contributed by atoms with Gasteiger partial charge in [-0.3, -0.25) is 0 Å². The van der Waals surface area contributed by atoms with E-state index in [1.54, 1.807) is 6.20 Å². The van der Waals surface area contributed by atoms with Crippen molar-refractivity contribution < 1.29 is 24.5 Å². The van der Waals surface area contributed by atoms with E-state index >= 15 is 0 Å². The monoisotopic (exact) mass is 723 g/mol. The number of rotatable bonds is 3. The summed E-state index contributed by atoms with van der Waals surface area (Å²) in [4.78, 5) is 8.94. The maximum Gasteiger partial charge on any atom is 0.128 e. The molecule has 7 aromatic rings. The van der Waals surface area contributed by atoms with Crippen LogP contribution >= 0.6 is 0 Å². The number of fused-ring (bicyclic) bond motifs is 3. The molecule has 1 radical (unpaired) electrons. The minimum absolute atomic E-state index is 0. The number of pyridine rings is 2. The molecule has 0 saturated carbocycles. The molecule has 0 spiro atoms. The fourth-order valence-corrected chi connectivity index (χ4v) is 4.86. The van der Waals surface area contributed by atoms with E-state index < -0.39 is 0 Å². The maximum absolute atomic E-state index is 6.35. The van der Waals surface area contributed by atoms with Gasteiger partial charge in [0.2, 0.25) is 0 Å². The number of para-hydroxylation sites is 1. The number of hydrogen-bond donors (Lipinski definition) is 0. The zero-order chi connectivity index (χ0) is 28.2. The van der Waals surface area contributed by atoms with Crippen LogP contribution in [0.4, 0.5) is 0 Å². The van der Waals surface area contributed by atoms with Crippen molar-refractivity contribution in [1.82, 2.24) is 9.97 Å². The molecule has 0 aliphatic rings. The fourth-order valence-electron chi connectivity index (χ4n) is 4.86. The van der Waals surface area contributed by atoms with Crippen LogP contribution in [0.3, 0.4) is 0 Å². The molecule has 3 aromatic heterocycles. The molecule has 0 aliphatic heterocycles. The van der Waals surface area contributed by atoms with Crippen LogP contribution in [0.1, 0.15) is 26.3 Å². The van der Waals surface area contributed by atoms with E-state index in [1.165, 1.54) is 5.56 Å². The largest absolute Gasteiger partial charge is 0.500 e. The molecule has 0 N–H and O–H groups in total. The van der Waals surface area contributed by atoms with Crippen molar-refractivity contribution >= 4 is 21.9 Å². The summed E-state index contributed by atoms with van der Waals surface area (Å²) in [6.45, 7) is 6.58. The predicted molar refractivity (Wildman–Crippen MR) is 168 cm³/mol. The van der Waals surface area contributed by atoms with Crippen LogP contribution in [0.25, 0.3) is 55.6 Å². The summed E-state index contributed by atoms with van der Waals surface area (Å²) in [6.07, 6.45) is 3.75. The second-order valence-electron chi connectivity index (χ2n) is 10.9. The molecule has 0 saturated heterocycles. The average Bonchev–Trinajstić information content (AvgIpc) is 3.42. The van der Waals surface area contributed by atoms with Gasteiger partial charge in [0.05, 0.1) is 5.58 Å². The summed E-state index contributed by atoms with van der Waals surface area (Å²) in [7, 11) is 0. The van der Waals surface area contributed by atoms with Crippen LogP contribution in [0.5, 0.6) is 0 Å². The Morgan fingerprint density at radius 2 is 1.40 bits per heavy atom. The molecule has 7 rings (SSSR count). The van der Waals surface area contributed by atoms with E-state index in [9.17, 15) is 0 Å². The van der Waals surface area contributed by atoms with Crippen LogP contribution in [0, 0.1) is 12.1 Å². The molecular formula is C38H30IrN2O-2. The molecule has 0 fully saturated rings. The molecule has 209 valence electrons. The zero-order valence-corrected chi connectivity index (χ0v) is 26.2. The predicted octanol–water partition coefficient (Wildman–Crippen LogP) is 9.96. The van der Waals surface area contributed by atoms with E-state index in [0.717, 1.165) is 55.6 Å². The summed E-state index contributed by atoms with van der Waals surface area (Å²) >= 11 is 0. The first-order valence-corrected chi connectivity index (χ1v) is 13.8. The fraction of sp³-hybridized carbons (Fsp3) is 0.105. The third-order valence-electron chi connectivity index (χ3n) is 7.08.